The SMILES string of the molecule is CN(C[C@H]1Cc2ccccc2CO1)C(=O)c1cn(C)nn1. The number of amides is 1. The average Bonchev–Trinajstić information content (AvgIpc) is 2.93. The number of ether oxygens (including phenoxy) is 1. The summed E-state index contributed by atoms with van der Waals surface area (Å²) >= 11 is 0. The third-order valence-electron chi connectivity index (χ3n) is 3.69. The molecule has 0 aliphatic carbocycles. The zero-order valence-corrected chi connectivity index (χ0v) is 12.2. The molecule has 0 N–H and O–H groups in total. The number of aromatic nitrogens is 3. The molecule has 0 saturated heterocycles. The van der Waals surface area contributed by atoms with Crippen LogP contribution in [0.2, 0.25) is 0 Å². The molecular formula is C15H18N4O2. The summed E-state index contributed by atoms with van der Waals surface area (Å²) in [5.74, 6) is -0.134. The van der Waals surface area contributed by atoms with Crippen LogP contribution in [0.4, 0.5) is 0 Å². The number of hydrogen-bond acceptors (Lipinski definition) is 4. The molecular weight excluding hydrogens is 268 g/mol. The first-order valence-corrected chi connectivity index (χ1v) is 6.93. The highest BCUT2D eigenvalue weighted by atomic mass is 16.5. The minimum atomic E-state index is -0.134. The molecule has 1 aliphatic heterocycles. The zero-order chi connectivity index (χ0) is 14.8. The molecule has 1 aliphatic rings. The van der Waals surface area contributed by atoms with E-state index in [0.717, 1.165) is 6.42 Å². The second-order valence-corrected chi connectivity index (χ2v) is 5.37. The number of fused-ring (bicyclic) bond motifs is 1. The maximum atomic E-state index is 12.2. The van der Waals surface area contributed by atoms with Gasteiger partial charge < -0.3 is 9.64 Å². The van der Waals surface area contributed by atoms with Gasteiger partial charge in [0.25, 0.3) is 5.91 Å². The molecule has 3 rings (SSSR count). The van der Waals surface area contributed by atoms with Crippen molar-refractivity contribution in [1.29, 1.82) is 0 Å². The lowest BCUT2D eigenvalue weighted by Crippen LogP contribution is -2.38. The predicted molar refractivity (Wildman–Crippen MR) is 76.7 cm³/mol. The number of benzene rings is 1. The van der Waals surface area contributed by atoms with E-state index >= 15 is 0 Å². The van der Waals surface area contributed by atoms with Crippen LogP contribution in [0.5, 0.6) is 0 Å². The van der Waals surface area contributed by atoms with Crippen molar-refractivity contribution in [1.82, 2.24) is 19.9 Å². The minimum absolute atomic E-state index is 0.0190. The first-order valence-electron chi connectivity index (χ1n) is 6.93. The number of aryl methyl sites for hydroxylation is 1. The van der Waals surface area contributed by atoms with Crippen LogP contribution in [0.15, 0.2) is 30.5 Å². The van der Waals surface area contributed by atoms with Gasteiger partial charge in [0.05, 0.1) is 18.9 Å². The molecule has 0 spiro atoms. The van der Waals surface area contributed by atoms with Crippen molar-refractivity contribution < 1.29 is 9.53 Å². The van der Waals surface area contributed by atoms with Crippen LogP contribution in [0, 0.1) is 0 Å². The number of hydrogen-bond donors (Lipinski definition) is 0. The van der Waals surface area contributed by atoms with Crippen molar-refractivity contribution >= 4 is 5.91 Å². The number of carbonyl (C=O) groups is 1. The topological polar surface area (TPSA) is 60.2 Å². The standard InChI is InChI=1S/C15H18N4O2/c1-18(15(20)14-9-19(2)17-16-14)8-13-7-11-5-3-4-6-12(11)10-21-13/h3-6,9,13H,7-8,10H2,1-2H3/t13-/m1/s1. The van der Waals surface area contributed by atoms with Crippen LogP contribution in [0.1, 0.15) is 21.6 Å². The molecule has 6 heteroatoms. The molecule has 1 atom stereocenters. The van der Waals surface area contributed by atoms with Crippen LogP contribution in [0.25, 0.3) is 0 Å². The Morgan fingerprint density at radius 2 is 2.19 bits per heavy atom. The lowest BCUT2D eigenvalue weighted by molar-refractivity contribution is 0.00972. The Kier molecular flexibility index (Phi) is 3.70. The summed E-state index contributed by atoms with van der Waals surface area (Å²) in [5, 5.41) is 7.63. The van der Waals surface area contributed by atoms with Gasteiger partial charge in [0.1, 0.15) is 0 Å². The maximum Gasteiger partial charge on any atom is 0.275 e. The monoisotopic (exact) mass is 286 g/mol. The summed E-state index contributed by atoms with van der Waals surface area (Å²) in [7, 11) is 3.51. The summed E-state index contributed by atoms with van der Waals surface area (Å²) in [6.45, 7) is 1.15. The minimum Gasteiger partial charge on any atom is -0.371 e. The van der Waals surface area contributed by atoms with Crippen LogP contribution >= 0.6 is 0 Å². The first kappa shape index (κ1) is 13.8. The Labute approximate surface area is 123 Å². The largest absolute Gasteiger partial charge is 0.371 e. The molecule has 1 aromatic carbocycles. The second-order valence-electron chi connectivity index (χ2n) is 5.37. The van der Waals surface area contributed by atoms with Gasteiger partial charge in [-0.3, -0.25) is 9.48 Å². The number of carbonyl (C=O) groups excluding carboxylic acids is 1. The normalized spacial score (nSPS) is 17.3. The summed E-state index contributed by atoms with van der Waals surface area (Å²) < 4.78 is 7.35. The summed E-state index contributed by atoms with van der Waals surface area (Å²) in [6, 6.07) is 8.26. The van der Waals surface area contributed by atoms with Crippen molar-refractivity contribution in [3.8, 4) is 0 Å². The van der Waals surface area contributed by atoms with E-state index in [1.807, 2.05) is 12.1 Å². The van der Waals surface area contributed by atoms with Gasteiger partial charge in [-0.1, -0.05) is 29.5 Å². The highest BCUT2D eigenvalue weighted by Gasteiger charge is 2.23. The van der Waals surface area contributed by atoms with E-state index in [-0.39, 0.29) is 12.0 Å². The highest BCUT2D eigenvalue weighted by Crippen LogP contribution is 2.20. The number of likely N-dealkylation sites (N-methyl/N-ethyl adjacent to an activating group) is 1. The van der Waals surface area contributed by atoms with Crippen molar-refractivity contribution in [2.24, 2.45) is 7.05 Å². The Bertz CT molecular complexity index is 653. The molecule has 6 nitrogen and oxygen atoms in total. The Morgan fingerprint density at radius 3 is 2.90 bits per heavy atom. The van der Waals surface area contributed by atoms with E-state index in [0.29, 0.717) is 18.8 Å². The van der Waals surface area contributed by atoms with Crippen molar-refractivity contribution in [2.75, 3.05) is 13.6 Å². The molecule has 2 heterocycles. The molecule has 0 unspecified atom stereocenters. The van der Waals surface area contributed by atoms with Gasteiger partial charge in [0, 0.05) is 27.1 Å². The van der Waals surface area contributed by atoms with Gasteiger partial charge in [-0.05, 0) is 11.1 Å². The predicted octanol–water partition coefficient (Wildman–Crippen LogP) is 1.03. The van der Waals surface area contributed by atoms with Gasteiger partial charge in [-0.2, -0.15) is 0 Å². The lowest BCUT2D eigenvalue weighted by atomic mass is 9.99. The number of rotatable bonds is 3. The van der Waals surface area contributed by atoms with E-state index in [1.54, 1.807) is 25.2 Å². The van der Waals surface area contributed by atoms with Crippen LogP contribution in [-0.4, -0.2) is 45.5 Å². The zero-order valence-electron chi connectivity index (χ0n) is 12.2. The third-order valence-corrected chi connectivity index (χ3v) is 3.69. The maximum absolute atomic E-state index is 12.2. The Hall–Kier alpha value is -2.21. The summed E-state index contributed by atoms with van der Waals surface area (Å²) in [5.41, 5.74) is 2.89. The quantitative estimate of drug-likeness (QED) is 0.845. The second kappa shape index (κ2) is 5.65. The molecule has 2 aromatic rings. The van der Waals surface area contributed by atoms with E-state index < -0.39 is 0 Å². The molecule has 0 bridgehead atoms. The molecule has 0 saturated carbocycles. The third kappa shape index (κ3) is 2.95. The van der Waals surface area contributed by atoms with E-state index in [1.165, 1.54) is 15.8 Å². The molecule has 1 aromatic heterocycles. The van der Waals surface area contributed by atoms with Gasteiger partial charge >= 0.3 is 0 Å². The van der Waals surface area contributed by atoms with Crippen LogP contribution in [-0.2, 0) is 24.8 Å². The molecule has 110 valence electrons. The fourth-order valence-electron chi connectivity index (χ4n) is 2.56. The average molecular weight is 286 g/mol. The van der Waals surface area contributed by atoms with Gasteiger partial charge in [-0.15, -0.1) is 5.10 Å². The molecule has 0 fully saturated rings. The van der Waals surface area contributed by atoms with Crippen molar-refractivity contribution in [2.45, 2.75) is 19.1 Å². The molecule has 0 radical (unpaired) electrons. The Morgan fingerprint density at radius 1 is 1.43 bits per heavy atom. The highest BCUT2D eigenvalue weighted by molar-refractivity contribution is 5.91. The smallest absolute Gasteiger partial charge is 0.275 e. The number of nitrogens with zero attached hydrogens (tertiary/aromatic N) is 4. The summed E-state index contributed by atoms with van der Waals surface area (Å²) in [6.07, 6.45) is 2.47. The van der Waals surface area contributed by atoms with Crippen molar-refractivity contribution in [3.05, 3.63) is 47.3 Å². The molecule has 21 heavy (non-hydrogen) atoms. The van der Waals surface area contributed by atoms with E-state index in [2.05, 4.69) is 22.4 Å². The fraction of sp³-hybridized carbons (Fsp3) is 0.400. The Balaban J connectivity index is 1.63. The lowest BCUT2D eigenvalue weighted by Gasteiger charge is -2.28. The van der Waals surface area contributed by atoms with Crippen molar-refractivity contribution in [3.63, 3.8) is 0 Å². The van der Waals surface area contributed by atoms with Gasteiger partial charge in [-0.25, -0.2) is 0 Å². The first-order chi connectivity index (χ1) is 10.1. The summed E-state index contributed by atoms with van der Waals surface area (Å²) in [4.78, 5) is 13.9. The van der Waals surface area contributed by atoms with Gasteiger partial charge in [0.2, 0.25) is 0 Å². The van der Waals surface area contributed by atoms with Crippen LogP contribution in [0.3, 0.4) is 0 Å². The van der Waals surface area contributed by atoms with Gasteiger partial charge in [0.15, 0.2) is 5.69 Å². The molecule has 1 amide bonds. The van der Waals surface area contributed by atoms with Crippen LogP contribution < -0.4 is 0 Å². The van der Waals surface area contributed by atoms with E-state index in [4.69, 9.17) is 4.74 Å². The fourth-order valence-corrected chi connectivity index (χ4v) is 2.56. The van der Waals surface area contributed by atoms with E-state index in [9.17, 15) is 4.79 Å².